The van der Waals surface area contributed by atoms with Gasteiger partial charge in [0.15, 0.2) is 29.2 Å². The number of thioether (sulfide) groups is 1. The summed E-state index contributed by atoms with van der Waals surface area (Å²) in [5, 5.41) is 2.62. The Kier molecular flexibility index (Phi) is 6.43. The Hall–Kier alpha value is -3.29. The fourth-order valence-electron chi connectivity index (χ4n) is 4.36. The summed E-state index contributed by atoms with van der Waals surface area (Å²) in [5.74, 6) is -4.20. The number of Topliss-reactive ketones (excluding diaryl/α,β-unsaturated/α-hetero) is 1. The van der Waals surface area contributed by atoms with Gasteiger partial charge in [-0.05, 0) is 31.0 Å². The lowest BCUT2D eigenvalue weighted by atomic mass is 9.84. The van der Waals surface area contributed by atoms with Crippen LogP contribution in [-0.2, 0) is 16.8 Å². The second-order valence-electron chi connectivity index (χ2n) is 8.61. The molecule has 1 aliphatic heterocycles. The molecule has 14 heteroatoms. The first-order valence-corrected chi connectivity index (χ1v) is 11.4. The van der Waals surface area contributed by atoms with Gasteiger partial charge in [-0.3, -0.25) is 14.6 Å². The summed E-state index contributed by atoms with van der Waals surface area (Å²) in [5.41, 5.74) is 4.35. The summed E-state index contributed by atoms with van der Waals surface area (Å²) in [7, 11) is 1.47. The number of fused-ring (bicyclic) bond motifs is 1. The second kappa shape index (κ2) is 8.98. The summed E-state index contributed by atoms with van der Waals surface area (Å²) in [4.78, 5) is 36.9. The van der Waals surface area contributed by atoms with Crippen molar-refractivity contribution in [3.05, 3.63) is 53.0 Å². The standard InChI is InChI=1S/C22H20F5N5O3S/c1-20(15-6-21(15,18(34)29-2)36-19(28)32-20)11-3-10(4-12(23)17(11)24)5-14(33)13-7-31-16(8-30-13)35-9-22(25,26)27/h3-4,7-8,15H,5-6,9H2,1-2H3,(H2,28,32)(H,29,34)/t15-,20+,21-/m0/s1. The quantitative estimate of drug-likeness (QED) is 0.418. The number of halogens is 5. The van der Waals surface area contributed by atoms with Crippen LogP contribution in [0.3, 0.4) is 0 Å². The fraction of sp³-hybridized carbons (Fsp3) is 0.409. The summed E-state index contributed by atoms with van der Waals surface area (Å²) < 4.78 is 69.9. The third-order valence-electron chi connectivity index (χ3n) is 6.12. The van der Waals surface area contributed by atoms with Gasteiger partial charge in [-0.1, -0.05) is 11.8 Å². The van der Waals surface area contributed by atoms with Crippen molar-refractivity contribution in [2.24, 2.45) is 16.6 Å². The molecular weight excluding hydrogens is 509 g/mol. The van der Waals surface area contributed by atoms with Crippen LogP contribution in [0.25, 0.3) is 0 Å². The van der Waals surface area contributed by atoms with Gasteiger partial charge in [0.25, 0.3) is 0 Å². The fourth-order valence-corrected chi connectivity index (χ4v) is 5.79. The van der Waals surface area contributed by atoms with E-state index in [0.717, 1.165) is 30.2 Å². The molecule has 3 atom stereocenters. The zero-order valence-corrected chi connectivity index (χ0v) is 19.8. The molecule has 4 rings (SSSR count). The highest BCUT2D eigenvalue weighted by atomic mass is 32.2. The Labute approximate surface area is 205 Å². The Morgan fingerprint density at radius 1 is 1.25 bits per heavy atom. The first kappa shape index (κ1) is 25.8. The number of nitrogens with zero attached hydrogens (tertiary/aromatic N) is 3. The maximum absolute atomic E-state index is 15.0. The van der Waals surface area contributed by atoms with E-state index in [0.29, 0.717) is 6.42 Å². The van der Waals surface area contributed by atoms with Crippen LogP contribution in [0.4, 0.5) is 22.0 Å². The average molecular weight is 529 g/mol. The molecule has 1 saturated carbocycles. The van der Waals surface area contributed by atoms with E-state index in [1.807, 2.05) is 0 Å². The zero-order chi connectivity index (χ0) is 26.5. The van der Waals surface area contributed by atoms with E-state index < -0.39 is 58.7 Å². The number of carbonyl (C=O) groups is 2. The van der Waals surface area contributed by atoms with E-state index in [9.17, 15) is 27.2 Å². The van der Waals surface area contributed by atoms with E-state index in [1.165, 1.54) is 13.1 Å². The van der Waals surface area contributed by atoms with Crippen LogP contribution < -0.4 is 15.8 Å². The Morgan fingerprint density at radius 2 is 1.97 bits per heavy atom. The SMILES string of the molecule is CNC(=O)[C@]12C[C@H]1[C@@](C)(c1cc(CC(=O)c3cnc(OCC(F)(F)F)cn3)cc(F)c1F)N=C(N)S2. The smallest absolute Gasteiger partial charge is 0.422 e. The molecule has 1 amide bonds. The molecule has 1 aliphatic carbocycles. The maximum Gasteiger partial charge on any atom is 0.422 e. The van der Waals surface area contributed by atoms with Crippen molar-refractivity contribution in [1.82, 2.24) is 15.3 Å². The largest absolute Gasteiger partial charge is 0.467 e. The van der Waals surface area contributed by atoms with Crippen LogP contribution in [0.15, 0.2) is 29.5 Å². The van der Waals surface area contributed by atoms with Gasteiger partial charge in [0.2, 0.25) is 11.8 Å². The molecule has 0 spiro atoms. The van der Waals surface area contributed by atoms with E-state index in [-0.39, 0.29) is 27.9 Å². The second-order valence-corrected chi connectivity index (χ2v) is 9.96. The van der Waals surface area contributed by atoms with Gasteiger partial charge in [0.05, 0.1) is 17.9 Å². The van der Waals surface area contributed by atoms with Crippen molar-refractivity contribution in [3.8, 4) is 5.88 Å². The van der Waals surface area contributed by atoms with E-state index in [1.54, 1.807) is 6.92 Å². The number of aromatic nitrogens is 2. The molecule has 3 N–H and O–H groups in total. The summed E-state index contributed by atoms with van der Waals surface area (Å²) in [6, 6.07) is 2.15. The van der Waals surface area contributed by atoms with Gasteiger partial charge >= 0.3 is 6.18 Å². The lowest BCUT2D eigenvalue weighted by Crippen LogP contribution is -2.43. The van der Waals surface area contributed by atoms with Crippen LogP contribution >= 0.6 is 11.8 Å². The van der Waals surface area contributed by atoms with E-state index >= 15 is 4.39 Å². The minimum absolute atomic E-state index is 0.0549. The predicted octanol–water partition coefficient (Wildman–Crippen LogP) is 2.90. The Bertz CT molecular complexity index is 1260. The topological polar surface area (TPSA) is 120 Å². The summed E-state index contributed by atoms with van der Waals surface area (Å²) >= 11 is 1.08. The minimum Gasteiger partial charge on any atom is -0.467 e. The number of alkyl halides is 3. The number of hydrogen-bond donors (Lipinski definition) is 2. The maximum atomic E-state index is 15.0. The molecule has 1 aromatic heterocycles. The lowest BCUT2D eigenvalue weighted by molar-refractivity contribution is -0.154. The molecule has 2 heterocycles. The molecule has 2 aromatic rings. The average Bonchev–Trinajstić information content (AvgIpc) is 3.55. The van der Waals surface area contributed by atoms with Crippen LogP contribution in [0.5, 0.6) is 5.88 Å². The van der Waals surface area contributed by atoms with Gasteiger partial charge in [-0.15, -0.1) is 0 Å². The number of nitrogens with two attached hydrogens (primary N) is 1. The lowest BCUT2D eigenvalue weighted by Gasteiger charge is -2.33. The molecule has 1 aromatic carbocycles. The molecule has 36 heavy (non-hydrogen) atoms. The van der Waals surface area contributed by atoms with Crippen molar-refractivity contribution < 1.29 is 36.3 Å². The van der Waals surface area contributed by atoms with E-state index in [4.69, 9.17) is 5.73 Å². The van der Waals surface area contributed by atoms with Gasteiger partial charge < -0.3 is 15.8 Å². The first-order valence-electron chi connectivity index (χ1n) is 10.6. The number of rotatable bonds is 7. The summed E-state index contributed by atoms with van der Waals surface area (Å²) in [6.45, 7) is -0.0113. The minimum atomic E-state index is -4.57. The van der Waals surface area contributed by atoms with Crippen LogP contribution in [0.2, 0.25) is 0 Å². The highest BCUT2D eigenvalue weighted by Crippen LogP contribution is 2.66. The molecule has 0 radical (unpaired) electrons. The van der Waals surface area contributed by atoms with Crippen molar-refractivity contribution in [1.29, 1.82) is 0 Å². The number of hydrogen-bond acceptors (Lipinski definition) is 8. The third kappa shape index (κ3) is 4.73. The number of amidine groups is 1. The monoisotopic (exact) mass is 529 g/mol. The van der Waals surface area contributed by atoms with Crippen molar-refractivity contribution in [2.75, 3.05) is 13.7 Å². The van der Waals surface area contributed by atoms with Gasteiger partial charge in [-0.2, -0.15) is 13.2 Å². The highest BCUT2D eigenvalue weighted by Gasteiger charge is 2.70. The molecule has 0 unspecified atom stereocenters. The number of ketones is 1. The number of benzene rings is 1. The number of aliphatic imine (C=N–C) groups is 1. The number of carbonyl (C=O) groups excluding carboxylic acids is 2. The van der Waals surface area contributed by atoms with Crippen molar-refractivity contribution >= 4 is 28.6 Å². The number of ether oxygens (including phenoxy) is 1. The number of nitrogens with one attached hydrogen (secondary N) is 1. The van der Waals surface area contributed by atoms with Crippen molar-refractivity contribution in [2.45, 2.75) is 36.2 Å². The van der Waals surface area contributed by atoms with Crippen LogP contribution in [-0.4, -0.2) is 51.4 Å². The first-order chi connectivity index (χ1) is 16.8. The molecule has 0 bridgehead atoms. The highest BCUT2D eigenvalue weighted by molar-refractivity contribution is 8.15. The zero-order valence-electron chi connectivity index (χ0n) is 18.9. The molecule has 1 fully saturated rings. The molecule has 2 aliphatic rings. The normalized spacial score (nSPS) is 25.0. The molecule has 192 valence electrons. The van der Waals surface area contributed by atoms with Gasteiger partial charge in [0.1, 0.15) is 10.4 Å². The van der Waals surface area contributed by atoms with Crippen LogP contribution in [0, 0.1) is 17.6 Å². The molecule has 8 nitrogen and oxygen atoms in total. The summed E-state index contributed by atoms with van der Waals surface area (Å²) in [6.07, 6.45) is -2.83. The van der Waals surface area contributed by atoms with Crippen molar-refractivity contribution in [3.63, 3.8) is 0 Å². The van der Waals surface area contributed by atoms with Gasteiger partial charge in [0, 0.05) is 24.9 Å². The third-order valence-corrected chi connectivity index (χ3v) is 7.43. The Balaban J connectivity index is 1.58. The van der Waals surface area contributed by atoms with Crippen LogP contribution in [0.1, 0.15) is 35.0 Å². The predicted molar refractivity (Wildman–Crippen MR) is 119 cm³/mol. The Morgan fingerprint density at radius 3 is 2.58 bits per heavy atom. The number of amides is 1. The molecule has 0 saturated heterocycles. The van der Waals surface area contributed by atoms with E-state index in [2.05, 4.69) is 25.0 Å². The molecular formula is C22H20F5N5O3S. The van der Waals surface area contributed by atoms with Gasteiger partial charge in [-0.25, -0.2) is 18.7 Å².